The summed E-state index contributed by atoms with van der Waals surface area (Å²) in [6.45, 7) is 7.60. The fraction of sp³-hybridized carbons (Fsp3) is 0.391. The van der Waals surface area contributed by atoms with E-state index in [1.165, 1.54) is 11.8 Å². The summed E-state index contributed by atoms with van der Waals surface area (Å²) in [7, 11) is 1.63. The Morgan fingerprint density at radius 1 is 1.00 bits per heavy atom. The molecule has 6 nitrogen and oxygen atoms in total. The maximum Gasteiger partial charge on any atom is 0.242 e. The van der Waals surface area contributed by atoms with Gasteiger partial charge in [0.15, 0.2) is 5.17 Å². The minimum absolute atomic E-state index is 0.0751. The number of amides is 1. The Morgan fingerprint density at radius 2 is 1.70 bits per heavy atom. The second kappa shape index (κ2) is 10.4. The van der Waals surface area contributed by atoms with Crippen LogP contribution in [0.2, 0.25) is 0 Å². The number of carbonyl (C=O) groups is 1. The number of thioether (sulfide) groups is 1. The highest BCUT2D eigenvalue weighted by molar-refractivity contribution is 8.15. The molecule has 0 aromatic heterocycles. The average Bonchev–Trinajstić information content (AvgIpc) is 3.04. The number of rotatable bonds is 9. The molecule has 1 aliphatic rings. The van der Waals surface area contributed by atoms with Gasteiger partial charge in [-0.2, -0.15) is 0 Å². The molecular formula is C23H28N2O4S. The number of ether oxygens (including phenoxy) is 3. The molecule has 0 spiro atoms. The van der Waals surface area contributed by atoms with Crippen molar-refractivity contribution in [1.82, 2.24) is 4.90 Å². The maximum absolute atomic E-state index is 13.0. The van der Waals surface area contributed by atoms with Crippen molar-refractivity contribution < 1.29 is 19.0 Å². The first-order chi connectivity index (χ1) is 14.6. The number of benzene rings is 2. The maximum atomic E-state index is 13.0. The Kier molecular flexibility index (Phi) is 7.63. The van der Waals surface area contributed by atoms with E-state index >= 15 is 0 Å². The molecule has 1 amide bonds. The van der Waals surface area contributed by atoms with Crippen molar-refractivity contribution in [3.63, 3.8) is 0 Å². The van der Waals surface area contributed by atoms with E-state index in [9.17, 15) is 4.79 Å². The molecule has 30 heavy (non-hydrogen) atoms. The fourth-order valence-corrected chi connectivity index (χ4v) is 4.48. The zero-order valence-electron chi connectivity index (χ0n) is 17.9. The largest absolute Gasteiger partial charge is 0.497 e. The molecule has 2 aromatic rings. The van der Waals surface area contributed by atoms with Crippen molar-refractivity contribution in [1.29, 1.82) is 0 Å². The Balaban J connectivity index is 1.81. The topological polar surface area (TPSA) is 60.4 Å². The average molecular weight is 429 g/mol. The fourth-order valence-electron chi connectivity index (χ4n) is 3.23. The van der Waals surface area contributed by atoms with Gasteiger partial charge < -0.3 is 14.2 Å². The highest BCUT2D eigenvalue weighted by atomic mass is 32.2. The second-order valence-electron chi connectivity index (χ2n) is 6.62. The van der Waals surface area contributed by atoms with Crippen molar-refractivity contribution in [3.05, 3.63) is 48.0 Å². The molecular weight excluding hydrogens is 400 g/mol. The van der Waals surface area contributed by atoms with Gasteiger partial charge >= 0.3 is 0 Å². The van der Waals surface area contributed by atoms with Crippen LogP contribution in [0.15, 0.2) is 47.5 Å². The summed E-state index contributed by atoms with van der Waals surface area (Å²) in [4.78, 5) is 19.5. The third-order valence-corrected chi connectivity index (χ3v) is 5.86. The molecule has 0 N–H and O–H groups in total. The molecule has 1 aliphatic heterocycles. The lowest BCUT2D eigenvalue weighted by molar-refractivity contribution is -0.126. The molecule has 1 heterocycles. The van der Waals surface area contributed by atoms with Crippen LogP contribution in [0.25, 0.3) is 0 Å². The van der Waals surface area contributed by atoms with Gasteiger partial charge in [-0.25, -0.2) is 4.99 Å². The number of amidine groups is 1. The van der Waals surface area contributed by atoms with Crippen LogP contribution in [0, 0.1) is 0 Å². The van der Waals surface area contributed by atoms with Gasteiger partial charge in [-0.05, 0) is 63.1 Å². The van der Waals surface area contributed by atoms with Gasteiger partial charge in [-0.15, -0.1) is 0 Å². The van der Waals surface area contributed by atoms with Crippen LogP contribution in [0.5, 0.6) is 17.2 Å². The van der Waals surface area contributed by atoms with Crippen LogP contribution in [-0.4, -0.2) is 48.1 Å². The lowest BCUT2D eigenvalue weighted by Crippen LogP contribution is -2.32. The summed E-state index contributed by atoms with van der Waals surface area (Å²) in [6, 6.07) is 13.3. The molecule has 1 saturated heterocycles. The number of nitrogens with zero attached hydrogens (tertiary/aromatic N) is 2. The highest BCUT2D eigenvalue weighted by Gasteiger charge is 2.37. The van der Waals surface area contributed by atoms with Gasteiger partial charge in [0.05, 0.1) is 31.3 Å². The van der Waals surface area contributed by atoms with Gasteiger partial charge in [0.2, 0.25) is 5.91 Å². The summed E-state index contributed by atoms with van der Waals surface area (Å²) in [5.41, 5.74) is 1.79. The molecule has 0 aliphatic carbocycles. The summed E-state index contributed by atoms with van der Waals surface area (Å²) >= 11 is 1.50. The van der Waals surface area contributed by atoms with Crippen LogP contribution in [0.4, 0.5) is 5.69 Å². The van der Waals surface area contributed by atoms with Crippen LogP contribution < -0.4 is 14.2 Å². The number of hydrogen-bond acceptors (Lipinski definition) is 6. The molecule has 1 atom stereocenters. The molecule has 0 saturated carbocycles. The molecule has 3 rings (SSSR count). The van der Waals surface area contributed by atoms with Gasteiger partial charge in [0.1, 0.15) is 17.2 Å². The molecule has 0 radical (unpaired) electrons. The Labute approximate surface area is 182 Å². The zero-order chi connectivity index (χ0) is 21.5. The highest BCUT2D eigenvalue weighted by Crippen LogP contribution is 2.35. The monoisotopic (exact) mass is 428 g/mol. The first-order valence-electron chi connectivity index (χ1n) is 10.2. The third kappa shape index (κ3) is 5.08. The summed E-state index contributed by atoms with van der Waals surface area (Å²) in [5, 5.41) is 0.487. The van der Waals surface area contributed by atoms with Crippen LogP contribution in [0.1, 0.15) is 26.3 Å². The van der Waals surface area contributed by atoms with Gasteiger partial charge in [0.25, 0.3) is 0 Å². The standard InChI is InChI=1S/C23H28N2O4S/c1-5-25-22(26)21(30-23(25)24-17-9-12-18(27-4)13-10-17)14-16-8-11-19(28-6-2)15-20(16)29-7-3/h8-13,15,21H,5-7,14H2,1-4H3/t21-/m0/s1. The van der Waals surface area contributed by atoms with E-state index in [-0.39, 0.29) is 11.2 Å². The second-order valence-corrected chi connectivity index (χ2v) is 7.79. The number of aliphatic imine (C=N–C) groups is 1. The van der Waals surface area contributed by atoms with Crippen molar-refractivity contribution >= 4 is 28.5 Å². The van der Waals surface area contributed by atoms with Crippen LogP contribution in [-0.2, 0) is 11.2 Å². The van der Waals surface area contributed by atoms with Gasteiger partial charge in [0, 0.05) is 12.6 Å². The van der Waals surface area contributed by atoms with E-state index in [4.69, 9.17) is 19.2 Å². The van der Waals surface area contributed by atoms with Crippen LogP contribution in [0.3, 0.4) is 0 Å². The SMILES string of the molecule is CCOc1ccc(C[C@@H]2SC(=Nc3ccc(OC)cc3)N(CC)C2=O)c(OCC)c1. The number of carbonyl (C=O) groups excluding carboxylic acids is 1. The smallest absolute Gasteiger partial charge is 0.242 e. The van der Waals surface area contributed by atoms with Gasteiger partial charge in [-0.1, -0.05) is 17.8 Å². The van der Waals surface area contributed by atoms with E-state index < -0.39 is 0 Å². The molecule has 160 valence electrons. The Morgan fingerprint density at radius 3 is 2.33 bits per heavy atom. The minimum atomic E-state index is -0.237. The third-order valence-electron chi connectivity index (χ3n) is 4.69. The van der Waals surface area contributed by atoms with E-state index in [0.29, 0.717) is 26.2 Å². The molecule has 7 heteroatoms. The molecule has 0 bridgehead atoms. The Hall–Kier alpha value is -2.67. The summed E-state index contributed by atoms with van der Waals surface area (Å²) in [5.74, 6) is 2.39. The lowest BCUT2D eigenvalue weighted by atomic mass is 10.1. The summed E-state index contributed by atoms with van der Waals surface area (Å²) < 4.78 is 16.6. The summed E-state index contributed by atoms with van der Waals surface area (Å²) in [6.07, 6.45) is 0.573. The lowest BCUT2D eigenvalue weighted by Gasteiger charge is -2.15. The normalized spacial score (nSPS) is 17.5. The molecule has 1 fully saturated rings. The van der Waals surface area contributed by atoms with Crippen molar-refractivity contribution in [2.24, 2.45) is 4.99 Å². The number of hydrogen-bond donors (Lipinski definition) is 0. The van der Waals surface area contributed by atoms with Gasteiger partial charge in [-0.3, -0.25) is 9.69 Å². The molecule has 2 aromatic carbocycles. The predicted molar refractivity (Wildman–Crippen MR) is 121 cm³/mol. The van der Waals surface area contributed by atoms with E-state index in [2.05, 4.69) is 0 Å². The number of methoxy groups -OCH3 is 1. The molecule has 0 unspecified atom stereocenters. The minimum Gasteiger partial charge on any atom is -0.497 e. The first-order valence-corrected chi connectivity index (χ1v) is 11.1. The predicted octanol–water partition coefficient (Wildman–Crippen LogP) is 4.69. The van der Waals surface area contributed by atoms with E-state index in [1.54, 1.807) is 12.0 Å². The zero-order valence-corrected chi connectivity index (χ0v) is 18.7. The van der Waals surface area contributed by atoms with Crippen LogP contribution >= 0.6 is 11.8 Å². The van der Waals surface area contributed by atoms with E-state index in [0.717, 1.165) is 33.7 Å². The van der Waals surface area contributed by atoms with Crippen molar-refractivity contribution in [2.75, 3.05) is 26.9 Å². The Bertz CT molecular complexity index is 899. The van der Waals surface area contributed by atoms with E-state index in [1.807, 2.05) is 63.2 Å². The first kappa shape index (κ1) is 22.0. The van der Waals surface area contributed by atoms with Crippen molar-refractivity contribution in [2.45, 2.75) is 32.4 Å². The van der Waals surface area contributed by atoms with Crippen molar-refractivity contribution in [3.8, 4) is 17.2 Å². The quantitative estimate of drug-likeness (QED) is 0.580.